The molecule has 1 aliphatic carbocycles. The van der Waals surface area contributed by atoms with Crippen molar-refractivity contribution in [2.75, 3.05) is 24.6 Å². The van der Waals surface area contributed by atoms with Crippen molar-refractivity contribution < 1.29 is 18.3 Å². The second-order valence-electron chi connectivity index (χ2n) is 8.57. The molecule has 1 aromatic rings. The molecule has 0 atom stereocenters. The lowest BCUT2D eigenvalue weighted by atomic mass is 9.77. The van der Waals surface area contributed by atoms with Crippen LogP contribution in [0, 0.1) is 5.41 Å². The summed E-state index contributed by atoms with van der Waals surface area (Å²) in [7, 11) is -3.68. The normalized spacial score (nSPS) is 21.3. The van der Waals surface area contributed by atoms with Crippen LogP contribution in [0.4, 0.5) is 5.69 Å². The minimum atomic E-state index is -3.68. The van der Waals surface area contributed by atoms with E-state index in [1.165, 1.54) is 0 Å². The highest BCUT2D eigenvalue weighted by Gasteiger charge is 2.38. The zero-order valence-electron chi connectivity index (χ0n) is 16.4. The number of nitrogens with zero attached hydrogens (tertiary/aromatic N) is 1. The van der Waals surface area contributed by atoms with Crippen molar-refractivity contribution in [1.29, 1.82) is 0 Å². The largest absolute Gasteiger partial charge is 0.396 e. The standard InChI is InChI=1S/C20H30N2O4S/c1-4-22-17-8-7-15(11-16(17)19(2,3)12-18(22)24)27(25,26)21-13-20(14-23)9-5-6-10-20/h7-8,11,21,23H,4-6,9-10,12-14H2,1-3H3. The number of carbonyl (C=O) groups is 1. The summed E-state index contributed by atoms with van der Waals surface area (Å²) in [6.45, 7) is 6.68. The van der Waals surface area contributed by atoms with E-state index < -0.39 is 15.4 Å². The third-order valence-corrected chi connectivity index (χ3v) is 7.54. The first kappa shape index (κ1) is 20.3. The van der Waals surface area contributed by atoms with Gasteiger partial charge in [0, 0.05) is 42.6 Å². The summed E-state index contributed by atoms with van der Waals surface area (Å²) >= 11 is 0. The Morgan fingerprint density at radius 3 is 2.48 bits per heavy atom. The van der Waals surface area contributed by atoms with Crippen LogP contribution in [0.1, 0.15) is 58.4 Å². The SMILES string of the molecule is CCN1C(=O)CC(C)(C)c2cc(S(=O)(=O)NCC3(CO)CCCC3)ccc21. The number of hydrogen-bond acceptors (Lipinski definition) is 4. The Morgan fingerprint density at radius 2 is 1.89 bits per heavy atom. The maximum Gasteiger partial charge on any atom is 0.240 e. The van der Waals surface area contributed by atoms with E-state index in [1.807, 2.05) is 20.8 Å². The highest BCUT2D eigenvalue weighted by Crippen LogP contribution is 2.41. The minimum Gasteiger partial charge on any atom is -0.396 e. The predicted octanol–water partition coefficient (Wildman–Crippen LogP) is 2.55. The molecule has 1 amide bonds. The Bertz CT molecular complexity index is 826. The minimum absolute atomic E-state index is 0.000308. The number of carbonyl (C=O) groups excluding carboxylic acids is 1. The van der Waals surface area contributed by atoms with E-state index in [2.05, 4.69) is 4.72 Å². The smallest absolute Gasteiger partial charge is 0.240 e. The Labute approximate surface area is 162 Å². The summed E-state index contributed by atoms with van der Waals surface area (Å²) in [6, 6.07) is 5.01. The molecule has 1 heterocycles. The third-order valence-electron chi connectivity index (χ3n) is 6.15. The maximum atomic E-state index is 12.9. The second-order valence-corrected chi connectivity index (χ2v) is 10.3. The highest BCUT2D eigenvalue weighted by atomic mass is 32.2. The van der Waals surface area contributed by atoms with Crippen molar-refractivity contribution in [2.24, 2.45) is 5.41 Å². The first-order valence-electron chi connectivity index (χ1n) is 9.70. The fourth-order valence-electron chi connectivity index (χ4n) is 4.36. The molecule has 2 N–H and O–H groups in total. The molecule has 0 spiro atoms. The number of sulfonamides is 1. The summed E-state index contributed by atoms with van der Waals surface area (Å²) < 4.78 is 28.5. The zero-order valence-corrected chi connectivity index (χ0v) is 17.2. The third kappa shape index (κ3) is 3.77. The summed E-state index contributed by atoms with van der Waals surface area (Å²) in [5.41, 5.74) is 0.915. The number of amides is 1. The molecule has 6 nitrogen and oxygen atoms in total. The van der Waals surface area contributed by atoms with Crippen molar-refractivity contribution in [2.45, 2.75) is 63.2 Å². The van der Waals surface area contributed by atoms with Crippen LogP contribution >= 0.6 is 0 Å². The molecule has 150 valence electrons. The van der Waals surface area contributed by atoms with Gasteiger partial charge in [-0.05, 0) is 43.5 Å². The Morgan fingerprint density at radius 1 is 1.22 bits per heavy atom. The Hall–Kier alpha value is -1.44. The summed E-state index contributed by atoms with van der Waals surface area (Å²) in [5, 5.41) is 9.72. The van der Waals surface area contributed by atoms with Crippen molar-refractivity contribution >= 4 is 21.6 Å². The number of benzene rings is 1. The molecule has 0 unspecified atom stereocenters. The van der Waals surface area contributed by atoms with Gasteiger partial charge in [0.1, 0.15) is 0 Å². The van der Waals surface area contributed by atoms with Gasteiger partial charge in [-0.3, -0.25) is 4.79 Å². The number of nitrogens with one attached hydrogen (secondary N) is 1. The van der Waals surface area contributed by atoms with Crippen molar-refractivity contribution in [3.63, 3.8) is 0 Å². The van der Waals surface area contributed by atoms with Gasteiger partial charge in [0.05, 0.1) is 4.90 Å². The average molecular weight is 395 g/mol. The van der Waals surface area contributed by atoms with Crippen LogP contribution in [0.25, 0.3) is 0 Å². The van der Waals surface area contributed by atoms with Gasteiger partial charge in [0.15, 0.2) is 0 Å². The molecule has 1 saturated carbocycles. The Kier molecular flexibility index (Phi) is 5.40. The number of rotatable bonds is 6. The van der Waals surface area contributed by atoms with E-state index in [1.54, 1.807) is 23.1 Å². The Balaban J connectivity index is 1.90. The van der Waals surface area contributed by atoms with Gasteiger partial charge in [-0.15, -0.1) is 0 Å². The van der Waals surface area contributed by atoms with Crippen molar-refractivity contribution in [1.82, 2.24) is 4.72 Å². The van der Waals surface area contributed by atoms with Crippen LogP contribution in [-0.2, 0) is 20.2 Å². The second kappa shape index (κ2) is 7.18. The molecule has 0 saturated heterocycles. The van der Waals surface area contributed by atoms with Crippen molar-refractivity contribution in [3.05, 3.63) is 23.8 Å². The van der Waals surface area contributed by atoms with Gasteiger partial charge in [-0.25, -0.2) is 13.1 Å². The molecule has 7 heteroatoms. The van der Waals surface area contributed by atoms with Crippen LogP contribution in [0.3, 0.4) is 0 Å². The van der Waals surface area contributed by atoms with Crippen LogP contribution in [0.5, 0.6) is 0 Å². The lowest BCUT2D eigenvalue weighted by Crippen LogP contribution is -2.42. The number of aliphatic hydroxyl groups is 1. The first-order valence-corrected chi connectivity index (χ1v) is 11.2. The molecule has 0 aromatic heterocycles. The molecule has 2 aliphatic rings. The van der Waals surface area contributed by atoms with Gasteiger partial charge < -0.3 is 10.0 Å². The molecular weight excluding hydrogens is 364 g/mol. The van der Waals surface area contributed by atoms with Gasteiger partial charge in [-0.2, -0.15) is 0 Å². The van der Waals surface area contributed by atoms with Crippen LogP contribution in [0.15, 0.2) is 23.1 Å². The summed E-state index contributed by atoms with van der Waals surface area (Å²) in [6.07, 6.45) is 4.10. The number of anilines is 1. The van der Waals surface area contributed by atoms with Crippen LogP contribution in [0.2, 0.25) is 0 Å². The maximum absolute atomic E-state index is 12.9. The summed E-state index contributed by atoms with van der Waals surface area (Å²) in [5.74, 6) is 0.0647. The molecule has 1 aromatic carbocycles. The summed E-state index contributed by atoms with van der Waals surface area (Å²) in [4.78, 5) is 14.3. The van der Waals surface area contributed by atoms with Gasteiger partial charge >= 0.3 is 0 Å². The monoisotopic (exact) mass is 394 g/mol. The average Bonchev–Trinajstić information content (AvgIpc) is 3.09. The molecule has 27 heavy (non-hydrogen) atoms. The fourth-order valence-corrected chi connectivity index (χ4v) is 5.54. The van der Waals surface area contributed by atoms with E-state index in [-0.39, 0.29) is 29.4 Å². The van der Waals surface area contributed by atoms with E-state index in [0.29, 0.717) is 13.0 Å². The van der Waals surface area contributed by atoms with Gasteiger partial charge in [-0.1, -0.05) is 26.7 Å². The van der Waals surface area contributed by atoms with E-state index >= 15 is 0 Å². The lowest BCUT2D eigenvalue weighted by Gasteiger charge is -2.38. The number of aliphatic hydroxyl groups excluding tert-OH is 1. The predicted molar refractivity (Wildman–Crippen MR) is 105 cm³/mol. The highest BCUT2D eigenvalue weighted by molar-refractivity contribution is 7.89. The van der Waals surface area contributed by atoms with E-state index in [4.69, 9.17) is 0 Å². The van der Waals surface area contributed by atoms with E-state index in [9.17, 15) is 18.3 Å². The number of fused-ring (bicyclic) bond motifs is 1. The van der Waals surface area contributed by atoms with Gasteiger partial charge in [0.2, 0.25) is 15.9 Å². The molecule has 1 fully saturated rings. The molecular formula is C20H30N2O4S. The fraction of sp³-hybridized carbons (Fsp3) is 0.650. The molecule has 0 radical (unpaired) electrons. The zero-order chi connectivity index (χ0) is 19.9. The van der Waals surface area contributed by atoms with Gasteiger partial charge in [0.25, 0.3) is 0 Å². The quantitative estimate of drug-likeness (QED) is 0.776. The molecule has 1 aliphatic heterocycles. The first-order chi connectivity index (χ1) is 12.6. The molecule has 0 bridgehead atoms. The molecule has 3 rings (SSSR count). The topological polar surface area (TPSA) is 86.7 Å². The number of hydrogen-bond donors (Lipinski definition) is 2. The van der Waals surface area contributed by atoms with Crippen molar-refractivity contribution in [3.8, 4) is 0 Å². The van der Waals surface area contributed by atoms with Crippen LogP contribution < -0.4 is 9.62 Å². The van der Waals surface area contributed by atoms with E-state index in [0.717, 1.165) is 36.9 Å². The van der Waals surface area contributed by atoms with Crippen LogP contribution in [-0.4, -0.2) is 39.1 Å². The lowest BCUT2D eigenvalue weighted by molar-refractivity contribution is -0.120.